The van der Waals surface area contributed by atoms with Crippen LogP contribution < -0.4 is 10.5 Å². The number of hydrogen-bond donors (Lipinski definition) is 1. The van der Waals surface area contributed by atoms with Gasteiger partial charge in [0.1, 0.15) is 11.9 Å². The van der Waals surface area contributed by atoms with E-state index in [1.165, 1.54) is 0 Å². The van der Waals surface area contributed by atoms with E-state index in [1.54, 1.807) is 12.1 Å². The first-order valence-corrected chi connectivity index (χ1v) is 8.12. The topological polar surface area (TPSA) is 35.2 Å². The van der Waals surface area contributed by atoms with Gasteiger partial charge in [-0.2, -0.15) is 0 Å². The molecule has 0 spiro atoms. The van der Waals surface area contributed by atoms with Crippen LogP contribution in [0.15, 0.2) is 45.3 Å². The average molecular weight is 440 g/mol. The molecule has 2 nitrogen and oxygen atoms in total. The van der Waals surface area contributed by atoms with Crippen LogP contribution in [0.25, 0.3) is 0 Å². The summed E-state index contributed by atoms with van der Waals surface area (Å²) in [5.41, 5.74) is 6.76. The van der Waals surface area contributed by atoms with Crippen LogP contribution in [0, 0.1) is 0 Å². The normalized spacial score (nSPS) is 12.2. The molecule has 6 heteroatoms. The summed E-state index contributed by atoms with van der Waals surface area (Å²) in [6.45, 7) is 0.339. The highest BCUT2D eigenvalue weighted by Crippen LogP contribution is 2.36. The lowest BCUT2D eigenvalue weighted by Gasteiger charge is -2.19. The van der Waals surface area contributed by atoms with E-state index in [1.807, 2.05) is 24.3 Å². The maximum atomic E-state index is 6.15. The predicted molar refractivity (Wildman–Crippen MR) is 90.7 cm³/mol. The van der Waals surface area contributed by atoms with Crippen molar-refractivity contribution in [1.29, 1.82) is 0 Å². The van der Waals surface area contributed by atoms with Crippen LogP contribution in [0.4, 0.5) is 0 Å². The number of rotatable bonds is 4. The molecule has 0 amide bonds. The second-order valence-electron chi connectivity index (χ2n) is 4.09. The molecule has 2 N–H and O–H groups in total. The molecule has 0 aliphatic rings. The minimum Gasteiger partial charge on any atom is -0.483 e. The number of nitrogens with two attached hydrogens (primary N) is 1. The van der Waals surface area contributed by atoms with E-state index >= 15 is 0 Å². The Hall–Kier alpha value is -0.260. The van der Waals surface area contributed by atoms with E-state index < -0.39 is 0 Å². The summed E-state index contributed by atoms with van der Waals surface area (Å²) in [5.74, 6) is 0.512. The summed E-state index contributed by atoms with van der Waals surface area (Å²) in [5, 5.41) is 1.02. The molecule has 2 aromatic rings. The molecule has 0 saturated heterocycles. The summed E-state index contributed by atoms with van der Waals surface area (Å²) >= 11 is 18.9. The van der Waals surface area contributed by atoms with Gasteiger partial charge in [0.15, 0.2) is 0 Å². The van der Waals surface area contributed by atoms with Gasteiger partial charge < -0.3 is 10.5 Å². The predicted octanol–water partition coefficient (Wildman–Crippen LogP) is 5.60. The summed E-state index contributed by atoms with van der Waals surface area (Å²) in [4.78, 5) is 0. The van der Waals surface area contributed by atoms with E-state index in [0.29, 0.717) is 22.3 Å². The van der Waals surface area contributed by atoms with Gasteiger partial charge in [-0.25, -0.2) is 0 Å². The lowest BCUT2D eigenvalue weighted by atomic mass is 10.1. The van der Waals surface area contributed by atoms with Crippen molar-refractivity contribution in [3.8, 4) is 5.75 Å². The SMILES string of the molecule is NCC(Oc1cc(Cl)c(Br)cc1Cl)c1ccc(Br)cc1. The second-order valence-corrected chi connectivity index (χ2v) is 6.67. The van der Waals surface area contributed by atoms with Crippen molar-refractivity contribution in [3.63, 3.8) is 0 Å². The Bertz CT molecular complexity index is 605. The first kappa shape index (κ1) is 16.1. The van der Waals surface area contributed by atoms with Crippen LogP contribution in [0.2, 0.25) is 10.0 Å². The molecule has 20 heavy (non-hydrogen) atoms. The van der Waals surface area contributed by atoms with Crippen molar-refractivity contribution in [2.75, 3.05) is 6.54 Å². The molecule has 0 heterocycles. The molecule has 0 aromatic heterocycles. The second kappa shape index (κ2) is 7.14. The average Bonchev–Trinajstić information content (AvgIpc) is 2.42. The van der Waals surface area contributed by atoms with Crippen molar-refractivity contribution in [2.24, 2.45) is 5.73 Å². The number of hydrogen-bond acceptors (Lipinski definition) is 2. The van der Waals surface area contributed by atoms with Gasteiger partial charge in [-0.15, -0.1) is 0 Å². The highest BCUT2D eigenvalue weighted by Gasteiger charge is 2.15. The first-order valence-electron chi connectivity index (χ1n) is 5.78. The van der Waals surface area contributed by atoms with Crippen LogP contribution in [0.3, 0.4) is 0 Å². The Morgan fingerprint density at radius 3 is 2.30 bits per heavy atom. The first-order chi connectivity index (χ1) is 9.51. The van der Waals surface area contributed by atoms with Crippen LogP contribution in [-0.4, -0.2) is 6.54 Å². The van der Waals surface area contributed by atoms with E-state index in [9.17, 15) is 0 Å². The van der Waals surface area contributed by atoms with Gasteiger partial charge in [-0.3, -0.25) is 0 Å². The minimum atomic E-state index is -0.280. The molecule has 0 aliphatic carbocycles. The van der Waals surface area contributed by atoms with E-state index in [-0.39, 0.29) is 6.10 Å². The van der Waals surface area contributed by atoms with Gasteiger partial charge in [-0.05, 0) is 39.7 Å². The highest BCUT2D eigenvalue weighted by molar-refractivity contribution is 9.10. The van der Waals surface area contributed by atoms with Crippen molar-refractivity contribution in [3.05, 3.63) is 61.0 Å². The smallest absolute Gasteiger partial charge is 0.140 e. The molecular weight excluding hydrogens is 429 g/mol. The lowest BCUT2D eigenvalue weighted by molar-refractivity contribution is 0.214. The Labute approximate surface area is 144 Å². The van der Waals surface area contributed by atoms with Crippen LogP contribution in [0.5, 0.6) is 5.75 Å². The monoisotopic (exact) mass is 437 g/mol. The fraction of sp³-hybridized carbons (Fsp3) is 0.143. The summed E-state index contributed by atoms with van der Waals surface area (Å²) < 4.78 is 7.61. The molecular formula is C14H11Br2Cl2NO. The molecule has 1 unspecified atom stereocenters. The van der Waals surface area contributed by atoms with Gasteiger partial charge >= 0.3 is 0 Å². The van der Waals surface area contributed by atoms with Crippen molar-refractivity contribution < 1.29 is 4.74 Å². The maximum Gasteiger partial charge on any atom is 0.140 e. The molecule has 0 radical (unpaired) electrons. The van der Waals surface area contributed by atoms with Gasteiger partial charge in [0.25, 0.3) is 0 Å². The van der Waals surface area contributed by atoms with Gasteiger partial charge in [0.05, 0.1) is 10.0 Å². The highest BCUT2D eigenvalue weighted by atomic mass is 79.9. The van der Waals surface area contributed by atoms with E-state index in [4.69, 9.17) is 33.7 Å². The Morgan fingerprint density at radius 1 is 1.05 bits per heavy atom. The summed E-state index contributed by atoms with van der Waals surface area (Å²) in [6.07, 6.45) is -0.280. The maximum absolute atomic E-state index is 6.15. The van der Waals surface area contributed by atoms with Crippen molar-refractivity contribution in [2.45, 2.75) is 6.10 Å². The molecule has 2 rings (SSSR count). The largest absolute Gasteiger partial charge is 0.483 e. The lowest BCUT2D eigenvalue weighted by Crippen LogP contribution is -2.18. The Balaban J connectivity index is 2.26. The zero-order chi connectivity index (χ0) is 14.7. The molecule has 0 saturated carbocycles. The summed E-state index contributed by atoms with van der Waals surface area (Å²) in [7, 11) is 0. The zero-order valence-corrected chi connectivity index (χ0v) is 14.9. The van der Waals surface area contributed by atoms with E-state index in [0.717, 1.165) is 14.5 Å². The Kier molecular flexibility index (Phi) is 5.75. The van der Waals surface area contributed by atoms with Gasteiger partial charge in [0, 0.05) is 21.6 Å². The van der Waals surface area contributed by atoms with E-state index in [2.05, 4.69) is 31.9 Å². The zero-order valence-electron chi connectivity index (χ0n) is 10.2. The number of benzene rings is 2. The standard InChI is InChI=1S/C14H11Br2Cl2NO/c15-9-3-1-8(2-4-9)14(7-19)20-13-6-11(17)10(16)5-12(13)18/h1-6,14H,7,19H2. The molecule has 0 bridgehead atoms. The third-order valence-electron chi connectivity index (χ3n) is 2.70. The molecule has 0 aliphatic heterocycles. The minimum absolute atomic E-state index is 0.280. The third-order valence-corrected chi connectivity index (χ3v) is 4.72. The fourth-order valence-corrected chi connectivity index (χ4v) is 2.78. The third kappa shape index (κ3) is 3.89. The van der Waals surface area contributed by atoms with Crippen LogP contribution >= 0.6 is 55.1 Å². The Morgan fingerprint density at radius 2 is 1.70 bits per heavy atom. The number of ether oxygens (including phenoxy) is 1. The molecule has 2 aromatic carbocycles. The quantitative estimate of drug-likeness (QED) is 0.629. The van der Waals surface area contributed by atoms with Crippen molar-refractivity contribution in [1.82, 2.24) is 0 Å². The molecule has 0 fully saturated rings. The number of halogens is 4. The van der Waals surface area contributed by atoms with Gasteiger partial charge in [-0.1, -0.05) is 51.3 Å². The molecule has 1 atom stereocenters. The van der Waals surface area contributed by atoms with Crippen LogP contribution in [0.1, 0.15) is 11.7 Å². The van der Waals surface area contributed by atoms with Crippen molar-refractivity contribution >= 4 is 55.1 Å². The summed E-state index contributed by atoms with van der Waals surface area (Å²) in [6, 6.07) is 11.2. The van der Waals surface area contributed by atoms with Crippen LogP contribution in [-0.2, 0) is 0 Å². The van der Waals surface area contributed by atoms with Gasteiger partial charge in [0.2, 0.25) is 0 Å². The fourth-order valence-electron chi connectivity index (χ4n) is 1.68. The molecule has 106 valence electrons.